The Hall–Kier alpha value is -0.920. The molecule has 7 heteroatoms. The lowest BCUT2D eigenvalue weighted by Gasteiger charge is -2.10. The molecular formula is C12H7Br3N2O2. The summed E-state index contributed by atoms with van der Waals surface area (Å²) in [5, 5.41) is 12.3. The fraction of sp³-hybridized carbons (Fsp3) is 0. The summed E-state index contributed by atoms with van der Waals surface area (Å²) in [6.07, 6.45) is 1.44. The SMILES string of the molecule is O=C(Nc1c(Br)cc(Br)cc1Br)c1ncccc1O. The molecule has 1 aromatic carbocycles. The van der Waals surface area contributed by atoms with Gasteiger partial charge in [0, 0.05) is 19.6 Å². The number of carbonyl (C=O) groups is 1. The Morgan fingerprint density at radius 2 is 1.84 bits per heavy atom. The summed E-state index contributed by atoms with van der Waals surface area (Å²) in [5.41, 5.74) is 0.544. The van der Waals surface area contributed by atoms with E-state index in [0.717, 1.165) is 4.47 Å². The van der Waals surface area contributed by atoms with Crippen molar-refractivity contribution in [2.24, 2.45) is 0 Å². The number of anilines is 1. The topological polar surface area (TPSA) is 62.2 Å². The third-order valence-corrected chi connectivity index (χ3v) is 3.96. The van der Waals surface area contributed by atoms with Crippen LogP contribution >= 0.6 is 47.8 Å². The van der Waals surface area contributed by atoms with Crippen LogP contribution in [0.25, 0.3) is 0 Å². The van der Waals surface area contributed by atoms with Gasteiger partial charge in [-0.05, 0) is 56.1 Å². The lowest BCUT2D eigenvalue weighted by molar-refractivity contribution is 0.101. The van der Waals surface area contributed by atoms with Crippen molar-refractivity contribution in [3.63, 3.8) is 0 Å². The molecule has 0 radical (unpaired) electrons. The zero-order valence-corrected chi connectivity index (χ0v) is 14.1. The molecular weight excluding hydrogens is 444 g/mol. The summed E-state index contributed by atoms with van der Waals surface area (Å²) in [4.78, 5) is 15.9. The second kappa shape index (κ2) is 6.02. The third kappa shape index (κ3) is 3.34. The molecule has 98 valence electrons. The molecule has 0 aliphatic rings. The average molecular weight is 451 g/mol. The number of amides is 1. The molecule has 0 spiro atoms. The highest BCUT2D eigenvalue weighted by atomic mass is 79.9. The maximum Gasteiger partial charge on any atom is 0.278 e. The van der Waals surface area contributed by atoms with Crippen LogP contribution in [-0.2, 0) is 0 Å². The van der Waals surface area contributed by atoms with Crippen molar-refractivity contribution in [2.75, 3.05) is 5.32 Å². The quantitative estimate of drug-likeness (QED) is 0.716. The Kier molecular flexibility index (Phi) is 4.59. The van der Waals surface area contributed by atoms with Gasteiger partial charge in [0.2, 0.25) is 0 Å². The van der Waals surface area contributed by atoms with E-state index in [1.54, 1.807) is 18.2 Å². The molecule has 2 aromatic rings. The van der Waals surface area contributed by atoms with Crippen molar-refractivity contribution in [1.29, 1.82) is 0 Å². The van der Waals surface area contributed by atoms with Crippen LogP contribution in [0.1, 0.15) is 10.5 Å². The van der Waals surface area contributed by atoms with E-state index >= 15 is 0 Å². The number of aromatic nitrogens is 1. The minimum Gasteiger partial charge on any atom is -0.505 e. The third-order valence-electron chi connectivity index (χ3n) is 2.25. The lowest BCUT2D eigenvalue weighted by atomic mass is 10.2. The highest BCUT2D eigenvalue weighted by molar-refractivity contribution is 9.11. The van der Waals surface area contributed by atoms with Crippen LogP contribution in [0, 0.1) is 0 Å². The molecule has 0 atom stereocenters. The second-order valence-electron chi connectivity index (χ2n) is 3.57. The number of rotatable bonds is 2. The molecule has 19 heavy (non-hydrogen) atoms. The van der Waals surface area contributed by atoms with Gasteiger partial charge in [-0.3, -0.25) is 4.79 Å². The maximum absolute atomic E-state index is 12.0. The highest BCUT2D eigenvalue weighted by Gasteiger charge is 2.15. The molecule has 0 unspecified atom stereocenters. The molecule has 0 aliphatic carbocycles. The van der Waals surface area contributed by atoms with Gasteiger partial charge in [-0.25, -0.2) is 4.98 Å². The molecule has 0 bridgehead atoms. The Balaban J connectivity index is 2.32. The summed E-state index contributed by atoms with van der Waals surface area (Å²) >= 11 is 10.1. The van der Waals surface area contributed by atoms with Crippen LogP contribution in [0.5, 0.6) is 5.75 Å². The van der Waals surface area contributed by atoms with Gasteiger partial charge < -0.3 is 10.4 Å². The number of hydrogen-bond acceptors (Lipinski definition) is 3. The number of nitrogens with one attached hydrogen (secondary N) is 1. The molecule has 0 aliphatic heterocycles. The summed E-state index contributed by atoms with van der Waals surface area (Å²) in [6.45, 7) is 0. The predicted octanol–water partition coefficient (Wildman–Crippen LogP) is 4.33. The predicted molar refractivity (Wildman–Crippen MR) is 83.4 cm³/mol. The first-order chi connectivity index (χ1) is 8.99. The van der Waals surface area contributed by atoms with Gasteiger partial charge in [0.15, 0.2) is 5.69 Å². The Bertz CT molecular complexity index is 624. The number of pyridine rings is 1. The van der Waals surface area contributed by atoms with Crippen molar-refractivity contribution in [3.05, 3.63) is 49.6 Å². The van der Waals surface area contributed by atoms with Crippen LogP contribution in [0.3, 0.4) is 0 Å². The number of carbonyl (C=O) groups excluding carboxylic acids is 1. The smallest absolute Gasteiger partial charge is 0.278 e. The van der Waals surface area contributed by atoms with Gasteiger partial charge in [-0.2, -0.15) is 0 Å². The van der Waals surface area contributed by atoms with Gasteiger partial charge in [-0.15, -0.1) is 0 Å². The summed E-state index contributed by atoms with van der Waals surface area (Å²) < 4.78 is 2.28. The summed E-state index contributed by atoms with van der Waals surface area (Å²) in [5.74, 6) is -0.647. The van der Waals surface area contributed by atoms with Crippen molar-refractivity contribution >= 4 is 59.4 Å². The minimum atomic E-state index is -0.484. The number of aromatic hydroxyl groups is 1. The molecule has 1 heterocycles. The van der Waals surface area contributed by atoms with Crippen LogP contribution in [-0.4, -0.2) is 16.0 Å². The fourth-order valence-corrected chi connectivity index (χ4v) is 3.86. The lowest BCUT2D eigenvalue weighted by Crippen LogP contribution is -2.14. The fourth-order valence-electron chi connectivity index (χ4n) is 1.41. The van der Waals surface area contributed by atoms with Gasteiger partial charge in [0.25, 0.3) is 5.91 Å². The van der Waals surface area contributed by atoms with Gasteiger partial charge in [-0.1, -0.05) is 15.9 Å². The Morgan fingerprint density at radius 1 is 1.21 bits per heavy atom. The Morgan fingerprint density at radius 3 is 2.42 bits per heavy atom. The molecule has 2 N–H and O–H groups in total. The van der Waals surface area contributed by atoms with E-state index < -0.39 is 5.91 Å². The van der Waals surface area contributed by atoms with E-state index in [-0.39, 0.29) is 11.4 Å². The van der Waals surface area contributed by atoms with Gasteiger partial charge >= 0.3 is 0 Å². The molecule has 0 fully saturated rings. The molecule has 1 amide bonds. The number of hydrogen-bond donors (Lipinski definition) is 2. The van der Waals surface area contributed by atoms with Crippen molar-refractivity contribution in [1.82, 2.24) is 4.98 Å². The molecule has 0 saturated heterocycles. The van der Waals surface area contributed by atoms with Gasteiger partial charge in [0.1, 0.15) is 5.75 Å². The second-order valence-corrected chi connectivity index (χ2v) is 6.19. The van der Waals surface area contributed by atoms with Crippen molar-refractivity contribution in [2.45, 2.75) is 0 Å². The normalized spacial score (nSPS) is 10.3. The van der Waals surface area contributed by atoms with E-state index in [1.807, 2.05) is 0 Å². The largest absolute Gasteiger partial charge is 0.505 e. The van der Waals surface area contributed by atoms with E-state index in [4.69, 9.17) is 0 Å². The molecule has 2 rings (SSSR count). The maximum atomic E-state index is 12.0. The number of benzene rings is 1. The van der Waals surface area contributed by atoms with Crippen LogP contribution in [0.4, 0.5) is 5.69 Å². The van der Waals surface area contributed by atoms with E-state index in [2.05, 4.69) is 58.1 Å². The standard InChI is InChI=1S/C12H7Br3N2O2/c13-6-4-7(14)10(8(15)5-6)17-12(19)11-9(18)2-1-3-16-11/h1-5,18H,(H,17,19). The van der Waals surface area contributed by atoms with Crippen molar-refractivity contribution in [3.8, 4) is 5.75 Å². The monoisotopic (exact) mass is 448 g/mol. The first-order valence-corrected chi connectivity index (χ1v) is 7.47. The molecule has 4 nitrogen and oxygen atoms in total. The summed E-state index contributed by atoms with van der Waals surface area (Å²) in [7, 11) is 0. The van der Waals surface area contributed by atoms with E-state index in [0.29, 0.717) is 14.6 Å². The average Bonchev–Trinajstić information content (AvgIpc) is 2.34. The van der Waals surface area contributed by atoms with E-state index in [1.165, 1.54) is 12.3 Å². The van der Waals surface area contributed by atoms with Crippen LogP contribution in [0.15, 0.2) is 43.9 Å². The first-order valence-electron chi connectivity index (χ1n) is 5.09. The van der Waals surface area contributed by atoms with E-state index in [9.17, 15) is 9.90 Å². The summed E-state index contributed by atoms with van der Waals surface area (Å²) in [6, 6.07) is 6.57. The molecule has 1 aromatic heterocycles. The minimum absolute atomic E-state index is 0.0239. The number of halogens is 3. The number of nitrogens with zero attached hydrogens (tertiary/aromatic N) is 1. The van der Waals surface area contributed by atoms with Crippen molar-refractivity contribution < 1.29 is 9.90 Å². The van der Waals surface area contributed by atoms with Gasteiger partial charge in [0.05, 0.1) is 5.69 Å². The highest BCUT2D eigenvalue weighted by Crippen LogP contribution is 2.34. The first kappa shape index (κ1) is 14.5. The van der Waals surface area contributed by atoms with Crippen LogP contribution in [0.2, 0.25) is 0 Å². The zero-order chi connectivity index (χ0) is 14.0. The van der Waals surface area contributed by atoms with Crippen LogP contribution < -0.4 is 5.32 Å². The zero-order valence-electron chi connectivity index (χ0n) is 9.32. The Labute approximate surface area is 134 Å². The molecule has 0 saturated carbocycles.